The molecular weight excluding hydrogens is 297 g/mol. The van der Waals surface area contributed by atoms with E-state index < -0.39 is 0 Å². The second kappa shape index (κ2) is 7.52. The normalized spacial score (nSPS) is 10.7. The van der Waals surface area contributed by atoms with Gasteiger partial charge >= 0.3 is 0 Å². The number of carbonyl (C=O) groups excluding carboxylic acids is 1. The maximum absolute atomic E-state index is 12.9. The van der Waals surface area contributed by atoms with Crippen molar-refractivity contribution < 1.29 is 9.18 Å². The molecule has 0 aliphatic heterocycles. The molecule has 0 unspecified atom stereocenters. The van der Waals surface area contributed by atoms with Gasteiger partial charge in [0.15, 0.2) is 0 Å². The van der Waals surface area contributed by atoms with Crippen LogP contribution >= 0.6 is 15.9 Å². The summed E-state index contributed by atoms with van der Waals surface area (Å²) >= 11 is 3.25. The van der Waals surface area contributed by atoms with Crippen LogP contribution in [0.5, 0.6) is 0 Å². The molecule has 0 saturated carbocycles. The van der Waals surface area contributed by atoms with Crippen LogP contribution < -0.4 is 5.32 Å². The summed E-state index contributed by atoms with van der Waals surface area (Å²) in [6.07, 6.45) is 3.75. The van der Waals surface area contributed by atoms with Gasteiger partial charge in [0.25, 0.3) is 0 Å². The van der Waals surface area contributed by atoms with Gasteiger partial charge in [-0.25, -0.2) is 4.39 Å². The Labute approximate surface area is 116 Å². The van der Waals surface area contributed by atoms with Gasteiger partial charge in [0.1, 0.15) is 5.82 Å². The average molecular weight is 316 g/mol. The van der Waals surface area contributed by atoms with Crippen LogP contribution in [0.4, 0.5) is 10.1 Å². The van der Waals surface area contributed by atoms with E-state index in [-0.39, 0.29) is 17.6 Å². The fourth-order valence-electron chi connectivity index (χ4n) is 1.93. The van der Waals surface area contributed by atoms with E-state index in [0.717, 1.165) is 25.7 Å². The molecule has 0 aliphatic carbocycles. The molecule has 2 nitrogen and oxygen atoms in total. The summed E-state index contributed by atoms with van der Waals surface area (Å²) in [5.41, 5.74) is 0.624. The number of hydrogen-bond acceptors (Lipinski definition) is 1. The highest BCUT2D eigenvalue weighted by atomic mass is 79.9. The van der Waals surface area contributed by atoms with E-state index in [9.17, 15) is 9.18 Å². The minimum atomic E-state index is -0.321. The summed E-state index contributed by atoms with van der Waals surface area (Å²) in [6.45, 7) is 4.15. The van der Waals surface area contributed by atoms with Crippen LogP contribution in [-0.4, -0.2) is 5.91 Å². The van der Waals surface area contributed by atoms with Crippen LogP contribution in [0.2, 0.25) is 0 Å². The number of anilines is 1. The number of halogens is 2. The lowest BCUT2D eigenvalue weighted by molar-refractivity contribution is -0.120. The molecule has 18 heavy (non-hydrogen) atoms. The highest BCUT2D eigenvalue weighted by Crippen LogP contribution is 2.24. The lowest BCUT2D eigenvalue weighted by Gasteiger charge is -2.16. The fourth-order valence-corrected chi connectivity index (χ4v) is 2.38. The van der Waals surface area contributed by atoms with Crippen molar-refractivity contribution >= 4 is 27.5 Å². The van der Waals surface area contributed by atoms with Gasteiger partial charge in [0, 0.05) is 10.4 Å². The number of hydrogen-bond donors (Lipinski definition) is 1. The van der Waals surface area contributed by atoms with Crippen molar-refractivity contribution in [3.63, 3.8) is 0 Å². The van der Waals surface area contributed by atoms with E-state index in [2.05, 4.69) is 35.1 Å². The van der Waals surface area contributed by atoms with Crippen molar-refractivity contribution in [3.05, 3.63) is 28.5 Å². The second-order valence-corrected chi connectivity index (χ2v) is 5.24. The van der Waals surface area contributed by atoms with E-state index in [1.807, 2.05) is 0 Å². The lowest BCUT2D eigenvalue weighted by Crippen LogP contribution is -2.22. The van der Waals surface area contributed by atoms with Gasteiger partial charge in [0.05, 0.1) is 5.69 Å². The van der Waals surface area contributed by atoms with Crippen molar-refractivity contribution in [2.24, 2.45) is 5.92 Å². The van der Waals surface area contributed by atoms with Gasteiger partial charge in [0.2, 0.25) is 5.91 Å². The zero-order valence-corrected chi connectivity index (χ0v) is 12.4. The van der Waals surface area contributed by atoms with Gasteiger partial charge in [-0.3, -0.25) is 4.79 Å². The Morgan fingerprint density at radius 2 is 1.94 bits per heavy atom. The van der Waals surface area contributed by atoms with Crippen molar-refractivity contribution in [2.75, 3.05) is 5.32 Å². The Morgan fingerprint density at radius 3 is 2.44 bits per heavy atom. The van der Waals surface area contributed by atoms with Crippen LogP contribution in [0.3, 0.4) is 0 Å². The Hall–Kier alpha value is -0.900. The van der Waals surface area contributed by atoms with Crippen molar-refractivity contribution in [1.29, 1.82) is 0 Å². The minimum absolute atomic E-state index is 0.0195. The highest BCUT2D eigenvalue weighted by Gasteiger charge is 2.17. The molecule has 4 heteroatoms. The third-order valence-corrected chi connectivity index (χ3v) is 3.49. The molecule has 1 aromatic rings. The first-order valence-corrected chi connectivity index (χ1v) is 7.13. The largest absolute Gasteiger partial charge is 0.325 e. The average Bonchev–Trinajstić information content (AvgIpc) is 2.32. The number of rotatable bonds is 6. The van der Waals surface area contributed by atoms with Crippen LogP contribution in [0.25, 0.3) is 0 Å². The molecule has 0 spiro atoms. The first-order chi connectivity index (χ1) is 8.58. The van der Waals surface area contributed by atoms with Crippen molar-refractivity contribution in [3.8, 4) is 0 Å². The first kappa shape index (κ1) is 15.2. The Morgan fingerprint density at radius 1 is 1.33 bits per heavy atom. The molecule has 0 bridgehead atoms. The number of amides is 1. The highest BCUT2D eigenvalue weighted by molar-refractivity contribution is 9.10. The van der Waals surface area contributed by atoms with Crippen LogP contribution in [0.1, 0.15) is 39.5 Å². The summed E-state index contributed by atoms with van der Waals surface area (Å²) in [5, 5.41) is 2.85. The van der Waals surface area contributed by atoms with E-state index >= 15 is 0 Å². The molecule has 1 N–H and O–H groups in total. The molecule has 1 amide bonds. The van der Waals surface area contributed by atoms with Crippen molar-refractivity contribution in [1.82, 2.24) is 0 Å². The standard InChI is InChI=1S/C14H19BrFNO/c1-3-5-10(6-4-2)14(18)17-13-8-7-11(16)9-12(13)15/h7-10H,3-6H2,1-2H3,(H,17,18). The number of carbonyl (C=O) groups is 1. The molecule has 0 aromatic heterocycles. The summed E-state index contributed by atoms with van der Waals surface area (Å²) < 4.78 is 13.5. The predicted octanol–water partition coefficient (Wildman–Crippen LogP) is 4.74. The Balaban J connectivity index is 2.72. The Kier molecular flexibility index (Phi) is 6.33. The lowest BCUT2D eigenvalue weighted by atomic mass is 9.97. The SMILES string of the molecule is CCCC(CCC)C(=O)Nc1ccc(F)cc1Br. The first-order valence-electron chi connectivity index (χ1n) is 6.34. The molecule has 0 heterocycles. The zero-order valence-electron chi connectivity index (χ0n) is 10.8. The summed E-state index contributed by atoms with van der Waals surface area (Å²) in [5.74, 6) is -0.262. The third-order valence-electron chi connectivity index (χ3n) is 2.83. The fraction of sp³-hybridized carbons (Fsp3) is 0.500. The zero-order chi connectivity index (χ0) is 13.5. The molecular formula is C14H19BrFNO. The summed E-state index contributed by atoms with van der Waals surface area (Å²) in [6, 6.07) is 4.27. The van der Waals surface area contributed by atoms with Gasteiger partial charge in [-0.05, 0) is 47.0 Å². The molecule has 1 rings (SSSR count). The second-order valence-electron chi connectivity index (χ2n) is 4.39. The van der Waals surface area contributed by atoms with Crippen LogP contribution in [0.15, 0.2) is 22.7 Å². The Bertz CT molecular complexity index is 403. The van der Waals surface area contributed by atoms with E-state index in [0.29, 0.717) is 10.2 Å². The summed E-state index contributed by atoms with van der Waals surface area (Å²) in [4.78, 5) is 12.1. The molecule has 100 valence electrons. The molecule has 1 aromatic carbocycles. The smallest absolute Gasteiger partial charge is 0.227 e. The molecule has 0 radical (unpaired) electrons. The van der Waals surface area contributed by atoms with E-state index in [1.165, 1.54) is 12.1 Å². The van der Waals surface area contributed by atoms with Gasteiger partial charge in [-0.1, -0.05) is 26.7 Å². The monoisotopic (exact) mass is 315 g/mol. The van der Waals surface area contributed by atoms with E-state index in [4.69, 9.17) is 0 Å². The third kappa shape index (κ3) is 4.41. The maximum atomic E-state index is 12.9. The topological polar surface area (TPSA) is 29.1 Å². The predicted molar refractivity (Wildman–Crippen MR) is 76.0 cm³/mol. The van der Waals surface area contributed by atoms with Crippen LogP contribution in [0, 0.1) is 11.7 Å². The molecule has 0 saturated heterocycles. The number of benzene rings is 1. The minimum Gasteiger partial charge on any atom is -0.325 e. The van der Waals surface area contributed by atoms with Gasteiger partial charge < -0.3 is 5.32 Å². The number of nitrogens with one attached hydrogen (secondary N) is 1. The van der Waals surface area contributed by atoms with Crippen molar-refractivity contribution in [2.45, 2.75) is 39.5 Å². The molecule has 0 aliphatic rings. The molecule has 0 atom stereocenters. The summed E-state index contributed by atoms with van der Waals surface area (Å²) in [7, 11) is 0. The van der Waals surface area contributed by atoms with Gasteiger partial charge in [-0.15, -0.1) is 0 Å². The quantitative estimate of drug-likeness (QED) is 0.807. The van der Waals surface area contributed by atoms with E-state index in [1.54, 1.807) is 6.07 Å². The maximum Gasteiger partial charge on any atom is 0.227 e. The van der Waals surface area contributed by atoms with Gasteiger partial charge in [-0.2, -0.15) is 0 Å². The molecule has 0 fully saturated rings. The van der Waals surface area contributed by atoms with Crippen LogP contribution in [-0.2, 0) is 4.79 Å².